The molecule has 2 aliphatic rings. The van der Waals surface area contributed by atoms with Gasteiger partial charge in [0, 0.05) is 37.6 Å². The second kappa shape index (κ2) is 11.2. The Kier molecular flexibility index (Phi) is 8.37. The average molecular weight is 436 g/mol. The average Bonchev–Trinajstić information content (AvgIpc) is 2.92. The number of nitrogens with zero attached hydrogens (tertiary/aromatic N) is 2. The van der Waals surface area contributed by atoms with Crippen molar-refractivity contribution < 1.29 is 19.1 Å². The lowest BCUT2D eigenvalue weighted by Gasteiger charge is -2.27. The summed E-state index contributed by atoms with van der Waals surface area (Å²) in [4.78, 5) is 41.1. The van der Waals surface area contributed by atoms with Gasteiger partial charge in [-0.1, -0.05) is 18.0 Å². The molecule has 0 aliphatic carbocycles. The van der Waals surface area contributed by atoms with Crippen molar-refractivity contribution in [1.82, 2.24) is 15.1 Å². The molecule has 1 saturated heterocycles. The van der Waals surface area contributed by atoms with Gasteiger partial charge in [0.1, 0.15) is 5.75 Å². The van der Waals surface area contributed by atoms with Crippen LogP contribution in [0, 0.1) is 0 Å². The molecule has 0 radical (unpaired) electrons. The molecule has 3 rings (SSSR count). The van der Waals surface area contributed by atoms with Crippen LogP contribution < -0.4 is 10.1 Å². The lowest BCUT2D eigenvalue weighted by Crippen LogP contribution is -2.43. The highest BCUT2D eigenvalue weighted by atomic mass is 35.5. The molecule has 0 aromatic heterocycles. The molecule has 0 bridgehead atoms. The van der Waals surface area contributed by atoms with Crippen molar-refractivity contribution in [2.24, 2.45) is 0 Å². The summed E-state index contributed by atoms with van der Waals surface area (Å²) in [7, 11) is 0. The van der Waals surface area contributed by atoms with Crippen molar-refractivity contribution in [1.29, 1.82) is 0 Å². The van der Waals surface area contributed by atoms with Crippen molar-refractivity contribution in [3.63, 3.8) is 0 Å². The zero-order chi connectivity index (χ0) is 21.3. The van der Waals surface area contributed by atoms with Gasteiger partial charge in [-0.25, -0.2) is 0 Å². The third-order valence-corrected chi connectivity index (χ3v) is 5.74. The molecule has 1 aromatic rings. The van der Waals surface area contributed by atoms with Crippen LogP contribution in [-0.4, -0.2) is 66.9 Å². The van der Waals surface area contributed by atoms with Gasteiger partial charge in [-0.15, -0.1) is 0 Å². The highest BCUT2D eigenvalue weighted by Crippen LogP contribution is 2.23. The number of nitrogens with one attached hydrogen (secondary N) is 1. The van der Waals surface area contributed by atoms with Gasteiger partial charge in [0.25, 0.3) is 5.91 Å². The number of halogens is 1. The molecule has 30 heavy (non-hydrogen) atoms. The van der Waals surface area contributed by atoms with Crippen molar-refractivity contribution in [3.05, 3.63) is 28.8 Å². The van der Waals surface area contributed by atoms with Gasteiger partial charge >= 0.3 is 0 Å². The maximum atomic E-state index is 12.9. The summed E-state index contributed by atoms with van der Waals surface area (Å²) in [6, 6.07) is 5.00. The van der Waals surface area contributed by atoms with Crippen molar-refractivity contribution in [2.45, 2.75) is 44.9 Å². The molecule has 2 aliphatic heterocycles. The summed E-state index contributed by atoms with van der Waals surface area (Å²) in [5, 5.41) is 3.38. The summed E-state index contributed by atoms with van der Waals surface area (Å²) in [5.41, 5.74) is 0.425. The van der Waals surface area contributed by atoms with Gasteiger partial charge in [-0.3, -0.25) is 14.4 Å². The fourth-order valence-electron chi connectivity index (χ4n) is 3.80. The maximum Gasteiger partial charge on any atom is 0.255 e. The quantitative estimate of drug-likeness (QED) is 0.774. The van der Waals surface area contributed by atoms with Crippen LogP contribution in [0.1, 0.15) is 55.3 Å². The SMILES string of the molecule is O=C1NCCCCN(C(=O)CN2CCCCCC2=O)CCCOc2ccc(Cl)cc21. The van der Waals surface area contributed by atoms with E-state index in [2.05, 4.69) is 5.32 Å². The van der Waals surface area contributed by atoms with Gasteiger partial charge in [-0.05, 0) is 50.3 Å². The Morgan fingerprint density at radius 3 is 2.70 bits per heavy atom. The van der Waals surface area contributed by atoms with Crippen LogP contribution >= 0.6 is 11.6 Å². The van der Waals surface area contributed by atoms with E-state index in [0.717, 1.165) is 32.1 Å². The number of carbonyl (C=O) groups excluding carboxylic acids is 3. The van der Waals surface area contributed by atoms with E-state index in [-0.39, 0.29) is 24.3 Å². The Bertz CT molecular complexity index is 771. The Labute approximate surface area is 182 Å². The summed E-state index contributed by atoms with van der Waals surface area (Å²) in [6.07, 6.45) is 5.61. The number of hydrogen-bond acceptors (Lipinski definition) is 4. The van der Waals surface area contributed by atoms with E-state index < -0.39 is 0 Å². The molecular weight excluding hydrogens is 406 g/mol. The molecule has 7 nitrogen and oxygen atoms in total. The van der Waals surface area contributed by atoms with Gasteiger partial charge in [0.2, 0.25) is 11.8 Å². The summed E-state index contributed by atoms with van der Waals surface area (Å²) < 4.78 is 5.82. The number of carbonyl (C=O) groups is 3. The van der Waals surface area contributed by atoms with E-state index in [9.17, 15) is 14.4 Å². The second-order valence-corrected chi connectivity index (χ2v) is 8.25. The minimum Gasteiger partial charge on any atom is -0.493 e. The van der Waals surface area contributed by atoms with Crippen LogP contribution in [0.3, 0.4) is 0 Å². The van der Waals surface area contributed by atoms with E-state index in [1.54, 1.807) is 23.1 Å². The predicted molar refractivity (Wildman–Crippen MR) is 115 cm³/mol. The minimum absolute atomic E-state index is 0.0173. The van der Waals surface area contributed by atoms with E-state index in [1.807, 2.05) is 4.90 Å². The van der Waals surface area contributed by atoms with Crippen LogP contribution in [0.25, 0.3) is 0 Å². The van der Waals surface area contributed by atoms with Gasteiger partial charge in [0.15, 0.2) is 0 Å². The lowest BCUT2D eigenvalue weighted by molar-refractivity contribution is -0.140. The zero-order valence-corrected chi connectivity index (χ0v) is 18.1. The van der Waals surface area contributed by atoms with Crippen molar-refractivity contribution in [3.8, 4) is 5.75 Å². The first-order valence-corrected chi connectivity index (χ1v) is 11.2. The van der Waals surface area contributed by atoms with Crippen LogP contribution in [0.15, 0.2) is 18.2 Å². The Balaban J connectivity index is 1.62. The Morgan fingerprint density at radius 2 is 1.83 bits per heavy atom. The summed E-state index contributed by atoms with van der Waals surface area (Å²) >= 11 is 6.04. The number of rotatable bonds is 2. The largest absolute Gasteiger partial charge is 0.493 e. The third kappa shape index (κ3) is 6.36. The van der Waals surface area contributed by atoms with Gasteiger partial charge in [-0.2, -0.15) is 0 Å². The maximum absolute atomic E-state index is 12.9. The molecule has 0 saturated carbocycles. The van der Waals surface area contributed by atoms with E-state index in [0.29, 0.717) is 62.0 Å². The summed E-state index contributed by atoms with van der Waals surface area (Å²) in [5.74, 6) is 0.341. The lowest BCUT2D eigenvalue weighted by atomic mass is 10.2. The molecule has 1 N–H and O–H groups in total. The highest BCUT2D eigenvalue weighted by molar-refractivity contribution is 6.31. The van der Waals surface area contributed by atoms with Crippen molar-refractivity contribution >= 4 is 29.3 Å². The topological polar surface area (TPSA) is 79.0 Å². The molecule has 8 heteroatoms. The van der Waals surface area contributed by atoms with E-state index in [1.165, 1.54) is 0 Å². The smallest absolute Gasteiger partial charge is 0.255 e. The molecule has 164 valence electrons. The fourth-order valence-corrected chi connectivity index (χ4v) is 3.97. The number of amides is 3. The molecule has 0 spiro atoms. The number of ether oxygens (including phenoxy) is 1. The van der Waals surface area contributed by atoms with Crippen LogP contribution in [0.2, 0.25) is 5.02 Å². The van der Waals surface area contributed by atoms with Gasteiger partial charge < -0.3 is 19.9 Å². The molecule has 2 heterocycles. The summed E-state index contributed by atoms with van der Waals surface area (Å²) in [6.45, 7) is 2.87. The first-order chi connectivity index (χ1) is 14.5. The Morgan fingerprint density at radius 1 is 1.03 bits per heavy atom. The van der Waals surface area contributed by atoms with Crippen LogP contribution in [0.5, 0.6) is 5.75 Å². The number of likely N-dealkylation sites (tertiary alicyclic amines) is 1. The number of hydrogen-bond donors (Lipinski definition) is 1. The monoisotopic (exact) mass is 435 g/mol. The Hall–Kier alpha value is -2.28. The molecule has 1 fully saturated rings. The second-order valence-electron chi connectivity index (χ2n) is 7.81. The van der Waals surface area contributed by atoms with E-state index >= 15 is 0 Å². The zero-order valence-electron chi connectivity index (χ0n) is 17.3. The standard InChI is InChI=1S/C22H30ClN3O4/c23-17-8-9-19-18(15-17)22(29)24-10-3-5-11-25(13-6-14-30-19)21(28)16-26-12-4-1-2-7-20(26)27/h8-9,15H,1-7,10-14,16H2,(H,24,29). The highest BCUT2D eigenvalue weighted by Gasteiger charge is 2.22. The first kappa shape index (κ1) is 22.4. The van der Waals surface area contributed by atoms with E-state index in [4.69, 9.17) is 16.3 Å². The molecule has 0 unspecified atom stereocenters. The minimum atomic E-state index is -0.209. The van der Waals surface area contributed by atoms with Crippen LogP contribution in [0.4, 0.5) is 0 Å². The number of benzene rings is 1. The predicted octanol–water partition coefficient (Wildman–Crippen LogP) is 2.86. The first-order valence-electron chi connectivity index (χ1n) is 10.8. The third-order valence-electron chi connectivity index (χ3n) is 5.51. The molecule has 1 aromatic carbocycles. The molecular formula is C22H30ClN3O4. The van der Waals surface area contributed by atoms with Gasteiger partial charge in [0.05, 0.1) is 18.7 Å². The number of fused-ring (bicyclic) bond motifs is 1. The molecule has 3 amide bonds. The fraction of sp³-hybridized carbons (Fsp3) is 0.591. The van der Waals surface area contributed by atoms with Crippen molar-refractivity contribution in [2.75, 3.05) is 39.3 Å². The normalized spacial score (nSPS) is 19.4. The molecule has 0 atom stereocenters. The van der Waals surface area contributed by atoms with Crippen LogP contribution in [-0.2, 0) is 9.59 Å².